The quantitative estimate of drug-likeness (QED) is 0.349. The lowest BCUT2D eigenvalue weighted by Gasteiger charge is -2.11. The minimum Gasteiger partial charge on any atom is -0.300 e. The van der Waals surface area contributed by atoms with Crippen molar-refractivity contribution in [3.05, 3.63) is 70.4 Å². The molecule has 2 aromatic carbocycles. The smallest absolute Gasteiger partial charge is 0.300 e. The third-order valence-corrected chi connectivity index (χ3v) is 7.02. The highest BCUT2D eigenvalue weighted by atomic mass is 32.2. The largest absolute Gasteiger partial charge is 0.429 e. The number of nitrogens with one attached hydrogen (secondary N) is 1. The van der Waals surface area contributed by atoms with E-state index in [2.05, 4.69) is 4.99 Å². The van der Waals surface area contributed by atoms with Crippen molar-refractivity contribution < 1.29 is 21.6 Å². The molecule has 0 radical (unpaired) electrons. The number of nitrogens with zero attached hydrogens (tertiary/aromatic N) is 1. The van der Waals surface area contributed by atoms with E-state index in [1.54, 1.807) is 35.7 Å². The zero-order valence-corrected chi connectivity index (χ0v) is 19.7. The topological polar surface area (TPSA) is 70.3 Å². The number of aliphatic imine (C=N–C) groups is 1. The molecule has 3 rings (SSSR count). The van der Waals surface area contributed by atoms with Crippen LogP contribution >= 0.6 is 11.3 Å². The lowest BCUT2D eigenvalue weighted by Crippen LogP contribution is -2.24. The molecule has 1 aromatic heterocycles. The molecule has 0 aliphatic heterocycles. The summed E-state index contributed by atoms with van der Waals surface area (Å²) >= 11 is 1.21. The van der Waals surface area contributed by atoms with Crippen LogP contribution in [0, 0.1) is 5.41 Å². The van der Waals surface area contributed by atoms with Gasteiger partial charge in [-0.3, -0.25) is 4.99 Å². The van der Waals surface area contributed by atoms with Gasteiger partial charge in [0, 0.05) is 17.6 Å². The van der Waals surface area contributed by atoms with E-state index >= 15 is 0 Å². The molecular formula is C24H23F3N2O2S2. The molecule has 0 aliphatic carbocycles. The Bertz CT molecular complexity index is 1290. The minimum atomic E-state index is -4.74. The van der Waals surface area contributed by atoms with Crippen molar-refractivity contribution >= 4 is 38.3 Å². The second-order valence-electron chi connectivity index (χ2n) is 7.59. The molecule has 0 spiro atoms. The van der Waals surface area contributed by atoms with Gasteiger partial charge >= 0.3 is 6.18 Å². The molecule has 174 valence electrons. The number of para-hydroxylation sites is 1. The molecule has 0 unspecified atom stereocenters. The molecule has 4 nitrogen and oxygen atoms in total. The van der Waals surface area contributed by atoms with Gasteiger partial charge in [-0.05, 0) is 52.8 Å². The first kappa shape index (κ1) is 24.9. The van der Waals surface area contributed by atoms with Gasteiger partial charge in [-0.25, -0.2) is 8.42 Å². The van der Waals surface area contributed by atoms with Crippen LogP contribution in [0.5, 0.6) is 0 Å². The van der Waals surface area contributed by atoms with Gasteiger partial charge in [-0.15, -0.1) is 11.3 Å². The predicted molar refractivity (Wildman–Crippen MR) is 128 cm³/mol. The van der Waals surface area contributed by atoms with E-state index in [0.717, 1.165) is 24.7 Å². The molecule has 0 aliphatic rings. The zero-order valence-electron chi connectivity index (χ0n) is 18.1. The number of alkyl halides is 3. The van der Waals surface area contributed by atoms with E-state index in [9.17, 15) is 21.6 Å². The summed E-state index contributed by atoms with van der Waals surface area (Å²) in [5.41, 5.74) is 1.59. The van der Waals surface area contributed by atoms with Crippen molar-refractivity contribution in [3.63, 3.8) is 0 Å². The van der Waals surface area contributed by atoms with Gasteiger partial charge in [-0.1, -0.05) is 43.7 Å². The number of sulfone groups is 1. The first-order chi connectivity index (χ1) is 15.5. The maximum absolute atomic E-state index is 13.2. The number of aryl methyl sites for hydroxylation is 1. The molecule has 0 saturated heterocycles. The van der Waals surface area contributed by atoms with Crippen LogP contribution < -0.4 is 0 Å². The van der Waals surface area contributed by atoms with Crippen LogP contribution in [-0.4, -0.2) is 32.3 Å². The maximum Gasteiger partial charge on any atom is 0.429 e. The SMILES string of the molecule is CCCc1ccccc1N=C(CC(=N)C(F)(F)F)c1cc(-c2cccc(S(C)(=O)=O)c2)cs1. The van der Waals surface area contributed by atoms with Crippen LogP contribution in [0.25, 0.3) is 11.1 Å². The van der Waals surface area contributed by atoms with E-state index in [4.69, 9.17) is 5.41 Å². The first-order valence-corrected chi connectivity index (χ1v) is 13.0. The average Bonchev–Trinajstić information content (AvgIpc) is 3.24. The van der Waals surface area contributed by atoms with E-state index in [1.165, 1.54) is 23.5 Å². The van der Waals surface area contributed by atoms with E-state index < -0.39 is 28.1 Å². The number of halogens is 3. The molecule has 0 amide bonds. The summed E-state index contributed by atoms with van der Waals surface area (Å²) in [5, 5.41) is 9.27. The van der Waals surface area contributed by atoms with Crippen molar-refractivity contribution in [2.24, 2.45) is 4.99 Å². The normalized spacial score (nSPS) is 12.7. The molecule has 0 saturated carbocycles. The Hall–Kier alpha value is -2.78. The molecule has 33 heavy (non-hydrogen) atoms. The van der Waals surface area contributed by atoms with Crippen molar-refractivity contribution in [3.8, 4) is 11.1 Å². The van der Waals surface area contributed by atoms with Crippen LogP contribution in [0.15, 0.2) is 69.9 Å². The molecule has 1 N–H and O–H groups in total. The Morgan fingerprint density at radius 3 is 2.45 bits per heavy atom. The molecule has 0 fully saturated rings. The molecule has 9 heteroatoms. The van der Waals surface area contributed by atoms with Gasteiger partial charge < -0.3 is 5.41 Å². The molecule has 0 bridgehead atoms. The second kappa shape index (κ2) is 10.0. The summed E-state index contributed by atoms with van der Waals surface area (Å²) in [6.45, 7) is 2.01. The van der Waals surface area contributed by atoms with Gasteiger partial charge in [0.15, 0.2) is 9.84 Å². The Balaban J connectivity index is 2.06. The fraction of sp³-hybridized carbons (Fsp3) is 0.250. The predicted octanol–water partition coefficient (Wildman–Crippen LogP) is 6.86. The molecule has 1 heterocycles. The number of benzene rings is 2. The number of rotatable bonds is 8. The van der Waals surface area contributed by atoms with Crippen molar-refractivity contribution in [1.82, 2.24) is 0 Å². The summed E-state index contributed by atoms with van der Waals surface area (Å²) in [6.07, 6.45) is -2.69. The summed E-state index contributed by atoms with van der Waals surface area (Å²) in [7, 11) is -3.40. The lowest BCUT2D eigenvalue weighted by atomic mass is 10.1. The van der Waals surface area contributed by atoms with E-state index in [0.29, 0.717) is 21.7 Å². The average molecular weight is 493 g/mol. The Kier molecular flexibility index (Phi) is 7.54. The van der Waals surface area contributed by atoms with Gasteiger partial charge in [0.1, 0.15) is 5.71 Å². The van der Waals surface area contributed by atoms with Crippen LogP contribution in [0.1, 0.15) is 30.2 Å². The second-order valence-corrected chi connectivity index (χ2v) is 10.5. The Morgan fingerprint density at radius 1 is 1.06 bits per heavy atom. The third-order valence-electron chi connectivity index (χ3n) is 4.93. The van der Waals surface area contributed by atoms with Crippen LogP contribution in [0.3, 0.4) is 0 Å². The van der Waals surface area contributed by atoms with Crippen LogP contribution in [0.4, 0.5) is 18.9 Å². The highest BCUT2D eigenvalue weighted by Crippen LogP contribution is 2.31. The monoisotopic (exact) mass is 492 g/mol. The zero-order chi connectivity index (χ0) is 24.2. The summed E-state index contributed by atoms with van der Waals surface area (Å²) in [4.78, 5) is 5.21. The van der Waals surface area contributed by atoms with Gasteiger partial charge in [0.2, 0.25) is 0 Å². The van der Waals surface area contributed by atoms with Gasteiger partial charge in [0.05, 0.1) is 16.3 Å². The standard InChI is InChI=1S/C24H23F3N2O2S2/c1-3-7-16-8-4-5-11-20(16)29-21(14-23(28)24(25,26)27)22-13-18(15-32-22)17-9-6-10-19(12-17)33(2,30)31/h4-6,8-13,15,28H,3,7,14H2,1-2H3. The summed E-state index contributed by atoms with van der Waals surface area (Å²) in [6, 6.07) is 15.4. The minimum absolute atomic E-state index is 0.149. The number of thiophene rings is 1. The van der Waals surface area contributed by atoms with Crippen LogP contribution in [0.2, 0.25) is 0 Å². The third kappa shape index (κ3) is 6.39. The van der Waals surface area contributed by atoms with Crippen LogP contribution in [-0.2, 0) is 16.3 Å². The fourth-order valence-corrected chi connectivity index (χ4v) is 4.81. The fourth-order valence-electron chi connectivity index (χ4n) is 3.24. The van der Waals surface area contributed by atoms with E-state index in [1.807, 2.05) is 19.1 Å². The maximum atomic E-state index is 13.2. The Labute approximate surface area is 195 Å². The Morgan fingerprint density at radius 2 is 1.79 bits per heavy atom. The molecule has 0 atom stereocenters. The first-order valence-electron chi connectivity index (χ1n) is 10.2. The van der Waals surface area contributed by atoms with Gasteiger partial charge in [0.25, 0.3) is 0 Å². The van der Waals surface area contributed by atoms with E-state index in [-0.39, 0.29) is 10.6 Å². The molecular weight excluding hydrogens is 469 g/mol. The van der Waals surface area contributed by atoms with Crippen molar-refractivity contribution in [1.29, 1.82) is 5.41 Å². The van der Waals surface area contributed by atoms with Crippen molar-refractivity contribution in [2.45, 2.75) is 37.3 Å². The molecule has 3 aromatic rings. The summed E-state index contributed by atoms with van der Waals surface area (Å²) < 4.78 is 63.2. The van der Waals surface area contributed by atoms with Crippen molar-refractivity contribution in [2.75, 3.05) is 6.26 Å². The number of hydrogen-bond acceptors (Lipinski definition) is 5. The highest BCUT2D eigenvalue weighted by Gasteiger charge is 2.35. The summed E-state index contributed by atoms with van der Waals surface area (Å²) in [5.74, 6) is 0. The number of hydrogen-bond donors (Lipinski definition) is 1. The highest BCUT2D eigenvalue weighted by molar-refractivity contribution is 7.90. The lowest BCUT2D eigenvalue weighted by molar-refractivity contribution is -0.0605. The van der Waals surface area contributed by atoms with Gasteiger partial charge in [-0.2, -0.15) is 13.2 Å².